The van der Waals surface area contributed by atoms with Crippen LogP contribution in [0.25, 0.3) is 0 Å². The summed E-state index contributed by atoms with van der Waals surface area (Å²) in [5, 5.41) is 5.40. The molecule has 73 valence electrons. The summed E-state index contributed by atoms with van der Waals surface area (Å²) in [5.41, 5.74) is 0.667. The van der Waals surface area contributed by atoms with Gasteiger partial charge in [0.2, 0.25) is 0 Å². The van der Waals surface area contributed by atoms with Crippen molar-refractivity contribution in [3.63, 3.8) is 0 Å². The fourth-order valence-corrected chi connectivity index (χ4v) is 1.22. The third-order valence-corrected chi connectivity index (χ3v) is 3.06. The number of benzene rings is 1. The van der Waals surface area contributed by atoms with Gasteiger partial charge in [-0.15, -0.1) is 0 Å². The molecule has 1 atom stereocenters. The Kier molecular flexibility index (Phi) is 5.03. The maximum atomic E-state index is 11.5. The largest absolute Gasteiger partial charge is 0.351 e. The molecule has 1 aromatic rings. The molecule has 1 aromatic carbocycles. The van der Waals surface area contributed by atoms with Crippen LogP contribution in [0.5, 0.6) is 0 Å². The second-order valence-corrected chi connectivity index (χ2v) is 4.40. The standard InChI is InChI=1S/C10H9INOS/c11-9(7-14)6-12-10(13)8-4-2-1-3-5-8/h1-5,9H,6H2,(H,12,13). The predicted octanol–water partition coefficient (Wildman–Crippen LogP) is 2.10. The van der Waals surface area contributed by atoms with Crippen LogP contribution in [0.1, 0.15) is 10.4 Å². The number of rotatable bonds is 4. The summed E-state index contributed by atoms with van der Waals surface area (Å²) in [7, 11) is 0. The Morgan fingerprint density at radius 1 is 1.50 bits per heavy atom. The SMILES string of the molecule is O=C(NCC(I)[C]=S)c1ccccc1. The Bertz CT molecular complexity index is 315. The zero-order valence-corrected chi connectivity index (χ0v) is 10.3. The Morgan fingerprint density at radius 3 is 2.71 bits per heavy atom. The molecule has 0 spiro atoms. The van der Waals surface area contributed by atoms with E-state index in [9.17, 15) is 4.79 Å². The van der Waals surface area contributed by atoms with Gasteiger partial charge in [-0.05, 0) is 12.1 Å². The van der Waals surface area contributed by atoms with Gasteiger partial charge in [-0.25, -0.2) is 0 Å². The van der Waals surface area contributed by atoms with E-state index in [0.717, 1.165) is 0 Å². The van der Waals surface area contributed by atoms with Gasteiger partial charge in [0.05, 0.1) is 3.92 Å². The molecular weight excluding hydrogens is 309 g/mol. The first-order valence-corrected chi connectivity index (χ1v) is 5.74. The van der Waals surface area contributed by atoms with Gasteiger partial charge in [-0.1, -0.05) is 53.0 Å². The molecule has 0 saturated heterocycles. The van der Waals surface area contributed by atoms with E-state index in [1.807, 2.05) is 18.2 Å². The highest BCUT2D eigenvalue weighted by Crippen LogP contribution is 1.99. The maximum Gasteiger partial charge on any atom is 0.251 e. The Morgan fingerprint density at radius 2 is 2.14 bits per heavy atom. The molecule has 1 amide bonds. The molecule has 0 fully saturated rings. The summed E-state index contributed by atoms with van der Waals surface area (Å²) in [4.78, 5) is 11.5. The first-order valence-electron chi connectivity index (χ1n) is 4.09. The average Bonchev–Trinajstić information content (AvgIpc) is 2.26. The molecule has 1 N–H and O–H groups in total. The molecule has 0 heterocycles. The van der Waals surface area contributed by atoms with Gasteiger partial charge in [0, 0.05) is 17.5 Å². The van der Waals surface area contributed by atoms with Crippen molar-refractivity contribution in [3.8, 4) is 0 Å². The van der Waals surface area contributed by atoms with E-state index >= 15 is 0 Å². The smallest absolute Gasteiger partial charge is 0.251 e. The highest BCUT2D eigenvalue weighted by molar-refractivity contribution is 14.1. The van der Waals surface area contributed by atoms with Crippen LogP contribution in [0.4, 0.5) is 0 Å². The number of nitrogens with one attached hydrogen (secondary N) is 1. The van der Waals surface area contributed by atoms with Gasteiger partial charge in [0.25, 0.3) is 5.91 Å². The summed E-state index contributed by atoms with van der Waals surface area (Å²) >= 11 is 6.76. The number of amides is 1. The summed E-state index contributed by atoms with van der Waals surface area (Å²) < 4.78 is 0.0789. The molecule has 4 heteroatoms. The van der Waals surface area contributed by atoms with Crippen molar-refractivity contribution in [2.45, 2.75) is 3.92 Å². The first kappa shape index (κ1) is 11.6. The molecule has 14 heavy (non-hydrogen) atoms. The molecule has 1 rings (SSSR count). The fraction of sp³-hybridized carbons (Fsp3) is 0.200. The van der Waals surface area contributed by atoms with Crippen molar-refractivity contribution in [3.05, 3.63) is 35.9 Å². The minimum Gasteiger partial charge on any atom is -0.351 e. The number of carbonyl (C=O) groups excluding carboxylic acids is 1. The van der Waals surface area contributed by atoms with E-state index in [0.29, 0.717) is 12.1 Å². The van der Waals surface area contributed by atoms with E-state index in [4.69, 9.17) is 0 Å². The number of hydrogen-bond donors (Lipinski definition) is 1. The van der Waals surface area contributed by atoms with Crippen LogP contribution in [0.2, 0.25) is 0 Å². The molecule has 0 aliphatic carbocycles. The van der Waals surface area contributed by atoms with Gasteiger partial charge in [0.1, 0.15) is 0 Å². The minimum atomic E-state index is -0.0717. The maximum absolute atomic E-state index is 11.5. The first-order chi connectivity index (χ1) is 6.74. The predicted molar refractivity (Wildman–Crippen MR) is 69.2 cm³/mol. The Labute approximate surface area is 102 Å². The summed E-state index contributed by atoms with van der Waals surface area (Å²) in [5.74, 6) is -0.0717. The van der Waals surface area contributed by atoms with E-state index in [-0.39, 0.29) is 9.83 Å². The van der Waals surface area contributed by atoms with Crippen molar-refractivity contribution in [1.82, 2.24) is 5.32 Å². The summed E-state index contributed by atoms with van der Waals surface area (Å²) in [6.07, 6.45) is 0. The third-order valence-electron chi connectivity index (χ3n) is 1.61. The Hall–Kier alpha value is -0.490. The topological polar surface area (TPSA) is 29.1 Å². The molecule has 0 saturated carbocycles. The fourth-order valence-electron chi connectivity index (χ4n) is 0.916. The van der Waals surface area contributed by atoms with Crippen molar-refractivity contribution in [2.75, 3.05) is 6.54 Å². The quantitative estimate of drug-likeness (QED) is 0.523. The van der Waals surface area contributed by atoms with Crippen LogP contribution in [0, 0.1) is 0 Å². The van der Waals surface area contributed by atoms with E-state index in [1.165, 1.54) is 0 Å². The monoisotopic (exact) mass is 318 g/mol. The zero-order valence-electron chi connectivity index (χ0n) is 7.37. The van der Waals surface area contributed by atoms with Crippen LogP contribution < -0.4 is 5.32 Å². The number of alkyl halides is 1. The average molecular weight is 318 g/mol. The highest BCUT2D eigenvalue weighted by atomic mass is 127. The van der Waals surface area contributed by atoms with Crippen LogP contribution >= 0.6 is 34.8 Å². The van der Waals surface area contributed by atoms with Crippen LogP contribution in [-0.4, -0.2) is 21.7 Å². The highest BCUT2D eigenvalue weighted by Gasteiger charge is 2.05. The molecule has 0 aromatic heterocycles. The second kappa shape index (κ2) is 6.08. The third kappa shape index (κ3) is 3.71. The van der Waals surface area contributed by atoms with Crippen molar-refractivity contribution < 1.29 is 4.79 Å². The van der Waals surface area contributed by atoms with Gasteiger partial charge in [0.15, 0.2) is 0 Å². The molecule has 0 aliphatic heterocycles. The Balaban J connectivity index is 2.47. The van der Waals surface area contributed by atoms with Gasteiger partial charge in [-0.2, -0.15) is 0 Å². The number of halogens is 1. The number of carbonyl (C=O) groups is 1. The normalized spacial score (nSPS) is 11.8. The zero-order chi connectivity index (χ0) is 10.4. The van der Waals surface area contributed by atoms with Gasteiger partial charge >= 0.3 is 0 Å². The minimum absolute atomic E-state index is 0.0717. The van der Waals surface area contributed by atoms with E-state index in [2.05, 4.69) is 45.5 Å². The van der Waals surface area contributed by atoms with Crippen molar-refractivity contribution >= 4 is 46.1 Å². The molecule has 0 aliphatic rings. The summed E-state index contributed by atoms with van der Waals surface area (Å²) in [6.45, 7) is 0.526. The molecule has 1 unspecified atom stereocenters. The van der Waals surface area contributed by atoms with E-state index in [1.54, 1.807) is 12.1 Å². The lowest BCUT2D eigenvalue weighted by Gasteiger charge is -2.05. The molecule has 1 radical (unpaired) electrons. The second-order valence-electron chi connectivity index (χ2n) is 2.66. The molecule has 0 bridgehead atoms. The number of thiocarbonyl (C=S) groups is 1. The van der Waals surface area contributed by atoms with Crippen molar-refractivity contribution in [1.29, 1.82) is 0 Å². The van der Waals surface area contributed by atoms with Gasteiger partial charge in [-0.3, -0.25) is 4.79 Å². The number of hydrogen-bond acceptors (Lipinski definition) is 2. The van der Waals surface area contributed by atoms with Crippen molar-refractivity contribution in [2.24, 2.45) is 0 Å². The van der Waals surface area contributed by atoms with E-state index < -0.39 is 0 Å². The molecule has 2 nitrogen and oxygen atoms in total. The van der Waals surface area contributed by atoms with Crippen LogP contribution in [-0.2, 0) is 0 Å². The van der Waals surface area contributed by atoms with Gasteiger partial charge < -0.3 is 5.32 Å². The lowest BCUT2D eigenvalue weighted by molar-refractivity contribution is 0.0955. The van der Waals surface area contributed by atoms with Crippen LogP contribution in [0.15, 0.2) is 30.3 Å². The lowest BCUT2D eigenvalue weighted by atomic mass is 10.2. The summed E-state index contributed by atoms with van der Waals surface area (Å²) in [6, 6.07) is 9.10. The van der Waals surface area contributed by atoms with Crippen LogP contribution in [0.3, 0.4) is 0 Å². The molecular formula is C10H9INOS. The lowest BCUT2D eigenvalue weighted by Crippen LogP contribution is -2.29.